The van der Waals surface area contributed by atoms with E-state index in [-0.39, 0.29) is 11.2 Å². The molecule has 0 fully saturated rings. The van der Waals surface area contributed by atoms with Crippen molar-refractivity contribution in [3.8, 4) is 5.88 Å². The Labute approximate surface area is 80.0 Å². The normalized spacial score (nSPS) is 9.50. The first-order chi connectivity index (χ1) is 5.74. The number of aromatic nitrogens is 2. The van der Waals surface area contributed by atoms with Gasteiger partial charge in [-0.25, -0.2) is 4.98 Å². The van der Waals surface area contributed by atoms with Crippen molar-refractivity contribution in [2.24, 2.45) is 0 Å². The van der Waals surface area contributed by atoms with Crippen LogP contribution in [0.25, 0.3) is 0 Å². The number of hydrogen-bond donors (Lipinski definition) is 0. The maximum atomic E-state index is 5.69. The van der Waals surface area contributed by atoms with E-state index in [4.69, 9.17) is 27.9 Å². The summed E-state index contributed by atoms with van der Waals surface area (Å²) in [6.07, 6.45) is 2.97. The number of rotatable bonds is 3. The molecule has 3 nitrogen and oxygen atoms in total. The maximum Gasteiger partial charge on any atom is 0.237 e. The molecule has 12 heavy (non-hydrogen) atoms. The average Bonchev–Trinajstić information content (AvgIpc) is 2.07. The van der Waals surface area contributed by atoms with Crippen LogP contribution >= 0.6 is 23.2 Å². The van der Waals surface area contributed by atoms with Gasteiger partial charge in [0.25, 0.3) is 0 Å². The van der Waals surface area contributed by atoms with Crippen molar-refractivity contribution in [1.82, 2.24) is 9.97 Å². The predicted octanol–water partition coefficient (Wildman–Crippen LogP) is 2.35. The highest BCUT2D eigenvalue weighted by atomic mass is 35.5. The van der Waals surface area contributed by atoms with Gasteiger partial charge in [-0.2, -0.15) is 4.98 Å². The van der Waals surface area contributed by atoms with Gasteiger partial charge in [0.1, 0.15) is 11.6 Å². The van der Waals surface area contributed by atoms with E-state index in [1.54, 1.807) is 6.08 Å². The van der Waals surface area contributed by atoms with E-state index in [2.05, 4.69) is 16.5 Å². The fraction of sp³-hybridized carbons (Fsp3) is 0.143. The van der Waals surface area contributed by atoms with E-state index in [0.717, 1.165) is 0 Å². The van der Waals surface area contributed by atoms with Gasteiger partial charge in [-0.05, 0) is 11.6 Å². The lowest BCUT2D eigenvalue weighted by Crippen LogP contribution is -1.97. The molecule has 0 amide bonds. The highest BCUT2D eigenvalue weighted by Crippen LogP contribution is 2.21. The van der Waals surface area contributed by atoms with E-state index in [1.165, 1.54) is 6.20 Å². The SMILES string of the molecule is C=CCOc1nc(Cl)ncc1Cl. The lowest BCUT2D eigenvalue weighted by molar-refractivity contribution is 0.348. The quantitative estimate of drug-likeness (QED) is 0.561. The first-order valence-electron chi connectivity index (χ1n) is 3.15. The van der Waals surface area contributed by atoms with E-state index in [9.17, 15) is 0 Å². The average molecular weight is 205 g/mol. The fourth-order valence-electron chi connectivity index (χ4n) is 0.570. The second-order valence-electron chi connectivity index (χ2n) is 1.89. The smallest absolute Gasteiger partial charge is 0.237 e. The van der Waals surface area contributed by atoms with Crippen LogP contribution in [0.1, 0.15) is 0 Å². The largest absolute Gasteiger partial charge is 0.472 e. The Hall–Kier alpha value is -0.800. The van der Waals surface area contributed by atoms with Crippen LogP contribution in [0.4, 0.5) is 0 Å². The summed E-state index contributed by atoms with van der Waals surface area (Å²) in [5.41, 5.74) is 0. The summed E-state index contributed by atoms with van der Waals surface area (Å²) >= 11 is 11.2. The van der Waals surface area contributed by atoms with Crippen molar-refractivity contribution in [2.45, 2.75) is 0 Å². The number of halogens is 2. The molecule has 1 aromatic heterocycles. The molecule has 0 unspecified atom stereocenters. The van der Waals surface area contributed by atoms with Gasteiger partial charge in [0.05, 0.1) is 6.20 Å². The van der Waals surface area contributed by atoms with Crippen LogP contribution < -0.4 is 4.74 Å². The molecule has 1 rings (SSSR count). The molecule has 1 aromatic rings. The molecule has 0 spiro atoms. The van der Waals surface area contributed by atoms with Crippen molar-refractivity contribution in [2.75, 3.05) is 6.61 Å². The van der Waals surface area contributed by atoms with Crippen LogP contribution in [0, 0.1) is 0 Å². The van der Waals surface area contributed by atoms with Gasteiger partial charge in [0.15, 0.2) is 0 Å². The molecular formula is C7H6Cl2N2O. The predicted molar refractivity (Wildman–Crippen MR) is 47.7 cm³/mol. The number of hydrogen-bond acceptors (Lipinski definition) is 3. The van der Waals surface area contributed by atoms with Crippen LogP contribution in [0.5, 0.6) is 5.88 Å². The van der Waals surface area contributed by atoms with Gasteiger partial charge in [-0.1, -0.05) is 24.3 Å². The zero-order valence-electron chi connectivity index (χ0n) is 6.13. The Morgan fingerprint density at radius 2 is 2.33 bits per heavy atom. The molecule has 0 atom stereocenters. The van der Waals surface area contributed by atoms with Crippen LogP contribution in [0.15, 0.2) is 18.9 Å². The number of ether oxygens (including phenoxy) is 1. The minimum Gasteiger partial charge on any atom is -0.472 e. The maximum absolute atomic E-state index is 5.69. The van der Waals surface area contributed by atoms with Gasteiger partial charge in [-0.3, -0.25) is 0 Å². The zero-order chi connectivity index (χ0) is 8.97. The molecule has 1 heterocycles. The topological polar surface area (TPSA) is 35.0 Å². The second-order valence-corrected chi connectivity index (χ2v) is 2.64. The van der Waals surface area contributed by atoms with Gasteiger partial charge < -0.3 is 4.74 Å². The van der Waals surface area contributed by atoms with Crippen molar-refractivity contribution in [3.05, 3.63) is 29.2 Å². The monoisotopic (exact) mass is 204 g/mol. The highest BCUT2D eigenvalue weighted by Gasteiger charge is 2.03. The molecule has 0 N–H and O–H groups in total. The third kappa shape index (κ3) is 2.36. The van der Waals surface area contributed by atoms with Crippen molar-refractivity contribution < 1.29 is 4.74 Å². The van der Waals surface area contributed by atoms with Crippen LogP contribution in [0.2, 0.25) is 10.3 Å². The summed E-state index contributed by atoms with van der Waals surface area (Å²) in [7, 11) is 0. The number of nitrogens with zero attached hydrogens (tertiary/aromatic N) is 2. The molecule has 5 heteroatoms. The lowest BCUT2D eigenvalue weighted by Gasteiger charge is -2.02. The van der Waals surface area contributed by atoms with Gasteiger partial charge >= 0.3 is 0 Å². The summed E-state index contributed by atoms with van der Waals surface area (Å²) in [6.45, 7) is 3.82. The molecule has 0 radical (unpaired) electrons. The standard InChI is InChI=1S/C7H6Cl2N2O/c1-2-3-12-6-5(8)4-10-7(9)11-6/h2,4H,1,3H2. The molecule has 64 valence electrons. The first kappa shape index (κ1) is 9.29. The van der Waals surface area contributed by atoms with Crippen LogP contribution in [0.3, 0.4) is 0 Å². The summed E-state index contributed by atoms with van der Waals surface area (Å²) in [5, 5.41) is 0.444. The van der Waals surface area contributed by atoms with Crippen LogP contribution in [-0.4, -0.2) is 16.6 Å². The summed E-state index contributed by atoms with van der Waals surface area (Å²) in [6, 6.07) is 0. The minimum atomic E-state index is 0.110. The zero-order valence-corrected chi connectivity index (χ0v) is 7.64. The van der Waals surface area contributed by atoms with Gasteiger partial charge in [0, 0.05) is 0 Å². The molecule has 0 aliphatic carbocycles. The van der Waals surface area contributed by atoms with Gasteiger partial charge in [-0.15, -0.1) is 0 Å². The minimum absolute atomic E-state index is 0.110. The second kappa shape index (κ2) is 4.28. The molecule has 0 aliphatic heterocycles. The summed E-state index contributed by atoms with van der Waals surface area (Å²) in [5.74, 6) is 0.275. The van der Waals surface area contributed by atoms with E-state index < -0.39 is 0 Å². The van der Waals surface area contributed by atoms with Gasteiger partial charge in [0.2, 0.25) is 11.2 Å². The Kier molecular flexibility index (Phi) is 3.31. The van der Waals surface area contributed by atoms with Crippen molar-refractivity contribution in [3.63, 3.8) is 0 Å². The summed E-state index contributed by atoms with van der Waals surface area (Å²) < 4.78 is 5.08. The molecule has 0 aromatic carbocycles. The Bertz CT molecular complexity index is 291. The molecule has 0 saturated heterocycles. The third-order valence-electron chi connectivity index (χ3n) is 1.02. The Morgan fingerprint density at radius 3 is 3.00 bits per heavy atom. The van der Waals surface area contributed by atoms with E-state index >= 15 is 0 Å². The summed E-state index contributed by atoms with van der Waals surface area (Å²) in [4.78, 5) is 7.43. The Morgan fingerprint density at radius 1 is 1.58 bits per heavy atom. The van der Waals surface area contributed by atoms with Crippen molar-refractivity contribution in [1.29, 1.82) is 0 Å². The van der Waals surface area contributed by atoms with Crippen molar-refractivity contribution >= 4 is 23.2 Å². The lowest BCUT2D eigenvalue weighted by atomic mass is 10.6. The fourth-order valence-corrected chi connectivity index (χ4v) is 0.841. The first-order valence-corrected chi connectivity index (χ1v) is 3.91. The van der Waals surface area contributed by atoms with E-state index in [0.29, 0.717) is 11.6 Å². The molecule has 0 saturated carbocycles. The molecule has 0 bridgehead atoms. The Balaban J connectivity index is 2.82. The van der Waals surface area contributed by atoms with E-state index in [1.807, 2.05) is 0 Å². The van der Waals surface area contributed by atoms with Crippen LogP contribution in [-0.2, 0) is 0 Å². The third-order valence-corrected chi connectivity index (χ3v) is 1.46. The molecule has 0 aliphatic rings. The molecular weight excluding hydrogens is 199 g/mol. The highest BCUT2D eigenvalue weighted by molar-refractivity contribution is 6.32.